The van der Waals surface area contributed by atoms with E-state index >= 15 is 0 Å². The normalized spacial score (nSPS) is 13.5. The number of carbonyl (C=O) groups excluding carboxylic acids is 1. The average molecular weight is 421 g/mol. The fraction of sp³-hybridized carbons (Fsp3) is 0.250. The molecule has 1 N–H and O–H groups in total. The summed E-state index contributed by atoms with van der Waals surface area (Å²) in [7, 11) is 0. The molecular formula is C20H19N7O2S. The van der Waals surface area contributed by atoms with Crippen molar-refractivity contribution in [3.63, 3.8) is 0 Å². The lowest BCUT2D eigenvalue weighted by molar-refractivity contribution is 0.0946. The van der Waals surface area contributed by atoms with Gasteiger partial charge in [0, 0.05) is 12.6 Å². The van der Waals surface area contributed by atoms with Gasteiger partial charge < -0.3 is 5.32 Å². The molecule has 1 aliphatic rings. The molecule has 0 bridgehead atoms. The highest BCUT2D eigenvalue weighted by atomic mass is 32.1. The second-order valence-corrected chi connectivity index (χ2v) is 7.97. The van der Waals surface area contributed by atoms with Gasteiger partial charge in [0.05, 0.1) is 23.3 Å². The molecule has 5 rings (SSSR count). The van der Waals surface area contributed by atoms with Crippen LogP contribution in [0, 0.1) is 0 Å². The predicted molar refractivity (Wildman–Crippen MR) is 112 cm³/mol. The minimum Gasteiger partial charge on any atom is -0.349 e. The van der Waals surface area contributed by atoms with Gasteiger partial charge in [-0.3, -0.25) is 9.36 Å². The Bertz CT molecular complexity index is 1220. The van der Waals surface area contributed by atoms with E-state index in [1.54, 1.807) is 15.9 Å². The molecule has 4 aromatic rings. The van der Waals surface area contributed by atoms with E-state index in [-0.39, 0.29) is 36.4 Å². The Morgan fingerprint density at radius 2 is 1.97 bits per heavy atom. The van der Waals surface area contributed by atoms with Gasteiger partial charge in [-0.2, -0.15) is 9.90 Å². The molecule has 3 aromatic heterocycles. The lowest BCUT2D eigenvalue weighted by atomic mass is 10.3. The van der Waals surface area contributed by atoms with Crippen molar-refractivity contribution >= 4 is 17.2 Å². The SMILES string of the molecule is O=C(NCCn1nc(-c2cccs2)n(C2CC2)c1=O)c1cnn(-c2ccccc2)n1. The first kappa shape index (κ1) is 18.5. The highest BCUT2D eigenvalue weighted by Gasteiger charge is 2.30. The molecule has 1 fully saturated rings. The average Bonchev–Trinajstić information content (AvgIpc) is 3.18. The number of benzene rings is 1. The van der Waals surface area contributed by atoms with Crippen molar-refractivity contribution in [2.75, 3.05) is 6.54 Å². The molecule has 10 heteroatoms. The van der Waals surface area contributed by atoms with E-state index in [2.05, 4.69) is 20.6 Å². The molecule has 1 aromatic carbocycles. The first-order valence-corrected chi connectivity index (χ1v) is 10.6. The van der Waals surface area contributed by atoms with Gasteiger partial charge in [0.1, 0.15) is 0 Å². The summed E-state index contributed by atoms with van der Waals surface area (Å²) in [6.45, 7) is 0.554. The van der Waals surface area contributed by atoms with E-state index in [1.807, 2.05) is 47.8 Å². The van der Waals surface area contributed by atoms with E-state index in [9.17, 15) is 9.59 Å². The Balaban J connectivity index is 1.26. The van der Waals surface area contributed by atoms with Gasteiger partial charge >= 0.3 is 5.69 Å². The quantitative estimate of drug-likeness (QED) is 0.493. The number of hydrogen-bond acceptors (Lipinski definition) is 6. The molecule has 152 valence electrons. The van der Waals surface area contributed by atoms with E-state index < -0.39 is 0 Å². The second-order valence-electron chi connectivity index (χ2n) is 7.02. The van der Waals surface area contributed by atoms with Crippen LogP contribution in [0.3, 0.4) is 0 Å². The molecule has 1 aliphatic carbocycles. The third-order valence-electron chi connectivity index (χ3n) is 4.84. The number of rotatable bonds is 7. The monoisotopic (exact) mass is 421 g/mol. The maximum absolute atomic E-state index is 12.8. The van der Waals surface area contributed by atoms with Gasteiger partial charge in [0.25, 0.3) is 5.91 Å². The lowest BCUT2D eigenvalue weighted by Crippen LogP contribution is -2.32. The van der Waals surface area contributed by atoms with Crippen LogP contribution in [0.5, 0.6) is 0 Å². The van der Waals surface area contributed by atoms with Crippen molar-refractivity contribution < 1.29 is 4.79 Å². The van der Waals surface area contributed by atoms with Crippen LogP contribution >= 0.6 is 11.3 Å². The summed E-state index contributed by atoms with van der Waals surface area (Å²) in [4.78, 5) is 27.6. The smallest absolute Gasteiger partial charge is 0.346 e. The summed E-state index contributed by atoms with van der Waals surface area (Å²) in [6, 6.07) is 13.5. The van der Waals surface area contributed by atoms with Crippen LogP contribution in [-0.4, -0.2) is 41.8 Å². The molecule has 0 spiro atoms. The standard InChI is InChI=1S/C20H19N7O2S/c28-19(16-13-22-27(23-16)15-5-2-1-3-6-15)21-10-11-25-20(29)26(14-8-9-14)18(24-25)17-7-4-12-30-17/h1-7,12-14H,8-11H2,(H,21,28). The third-order valence-corrected chi connectivity index (χ3v) is 5.71. The van der Waals surface area contributed by atoms with Crippen molar-refractivity contribution in [2.24, 2.45) is 0 Å². The fourth-order valence-corrected chi connectivity index (χ4v) is 3.93. The minimum absolute atomic E-state index is 0.134. The summed E-state index contributed by atoms with van der Waals surface area (Å²) in [5, 5.41) is 17.6. The molecule has 1 amide bonds. The highest BCUT2D eigenvalue weighted by molar-refractivity contribution is 7.13. The molecule has 0 saturated heterocycles. The van der Waals surface area contributed by atoms with Crippen molar-refractivity contribution in [3.05, 3.63) is 70.2 Å². The molecule has 0 atom stereocenters. The maximum Gasteiger partial charge on any atom is 0.346 e. The first-order chi connectivity index (χ1) is 14.7. The number of hydrogen-bond donors (Lipinski definition) is 1. The number of amides is 1. The summed E-state index contributed by atoms with van der Waals surface area (Å²) >= 11 is 1.56. The van der Waals surface area contributed by atoms with E-state index in [1.165, 1.54) is 15.7 Å². The van der Waals surface area contributed by atoms with Crippen LogP contribution in [0.2, 0.25) is 0 Å². The molecule has 0 unspecified atom stereocenters. The Kier molecular flexibility index (Phi) is 4.75. The van der Waals surface area contributed by atoms with Crippen LogP contribution in [0.1, 0.15) is 29.4 Å². The van der Waals surface area contributed by atoms with Crippen molar-refractivity contribution in [3.8, 4) is 16.4 Å². The summed E-state index contributed by atoms with van der Waals surface area (Å²) < 4.78 is 3.20. The fourth-order valence-electron chi connectivity index (χ4n) is 3.22. The summed E-state index contributed by atoms with van der Waals surface area (Å²) in [5.41, 5.74) is 0.856. The Hall–Kier alpha value is -3.53. The molecule has 3 heterocycles. The van der Waals surface area contributed by atoms with Gasteiger partial charge in [-0.05, 0) is 36.4 Å². The predicted octanol–water partition coefficient (Wildman–Crippen LogP) is 2.12. The Labute approximate surface area is 175 Å². The second kappa shape index (κ2) is 7.71. The molecule has 0 aliphatic heterocycles. The molecule has 1 saturated carbocycles. The number of carbonyl (C=O) groups is 1. The van der Waals surface area contributed by atoms with Gasteiger partial charge in [-0.15, -0.1) is 21.5 Å². The largest absolute Gasteiger partial charge is 0.349 e. The first-order valence-electron chi connectivity index (χ1n) is 9.70. The summed E-state index contributed by atoms with van der Waals surface area (Å²) in [5.74, 6) is 0.361. The number of para-hydroxylation sites is 1. The van der Waals surface area contributed by atoms with E-state index in [0.717, 1.165) is 23.4 Å². The van der Waals surface area contributed by atoms with Crippen LogP contribution < -0.4 is 11.0 Å². The number of aromatic nitrogens is 6. The molecule has 0 radical (unpaired) electrons. The lowest BCUT2D eigenvalue weighted by Gasteiger charge is -2.02. The zero-order valence-corrected chi connectivity index (χ0v) is 16.8. The van der Waals surface area contributed by atoms with Gasteiger partial charge in [-0.25, -0.2) is 9.48 Å². The van der Waals surface area contributed by atoms with Crippen LogP contribution in [0.25, 0.3) is 16.4 Å². The van der Waals surface area contributed by atoms with Crippen LogP contribution in [0.4, 0.5) is 0 Å². The van der Waals surface area contributed by atoms with Crippen LogP contribution in [-0.2, 0) is 6.54 Å². The topological polar surface area (TPSA) is 99.6 Å². The van der Waals surface area contributed by atoms with Gasteiger partial charge in [-0.1, -0.05) is 24.3 Å². The zero-order valence-electron chi connectivity index (χ0n) is 16.0. The minimum atomic E-state index is -0.342. The number of thiophene rings is 1. The van der Waals surface area contributed by atoms with Crippen molar-refractivity contribution in [2.45, 2.75) is 25.4 Å². The molecule has 9 nitrogen and oxygen atoms in total. The number of nitrogens with one attached hydrogen (secondary N) is 1. The van der Waals surface area contributed by atoms with Crippen LogP contribution in [0.15, 0.2) is 58.8 Å². The third kappa shape index (κ3) is 3.57. The zero-order chi connectivity index (χ0) is 20.5. The van der Waals surface area contributed by atoms with Crippen molar-refractivity contribution in [1.82, 2.24) is 34.7 Å². The van der Waals surface area contributed by atoms with Gasteiger partial charge in [0.2, 0.25) is 0 Å². The van der Waals surface area contributed by atoms with Crippen molar-refractivity contribution in [1.29, 1.82) is 0 Å². The molecule has 30 heavy (non-hydrogen) atoms. The Morgan fingerprint density at radius 1 is 1.13 bits per heavy atom. The summed E-state index contributed by atoms with van der Waals surface area (Å²) in [6.07, 6.45) is 3.42. The number of nitrogens with zero attached hydrogens (tertiary/aromatic N) is 6. The maximum atomic E-state index is 12.8. The van der Waals surface area contributed by atoms with E-state index in [0.29, 0.717) is 5.82 Å². The van der Waals surface area contributed by atoms with Gasteiger partial charge in [0.15, 0.2) is 11.5 Å². The molecular weight excluding hydrogens is 402 g/mol. The van der Waals surface area contributed by atoms with E-state index in [4.69, 9.17) is 0 Å². The highest BCUT2D eigenvalue weighted by Crippen LogP contribution is 2.37. The Morgan fingerprint density at radius 3 is 2.70 bits per heavy atom.